The summed E-state index contributed by atoms with van der Waals surface area (Å²) in [5.74, 6) is 0.201. The maximum absolute atomic E-state index is 11.3. The first-order chi connectivity index (χ1) is 9.70. The molecule has 0 aromatic heterocycles. The van der Waals surface area contributed by atoms with E-state index in [0.717, 1.165) is 38.5 Å². The standard InChI is InChI=1S/C16H28N2O2/c1-3-13-17-15(19)11-9-7-5-6-8-10-12-16(20)18-14-4-2/h3-4H,1-2,5-14H2,(H,17,19)(H,18,20). The Bertz CT molecular complexity index is 271. The Labute approximate surface area is 122 Å². The number of rotatable bonds is 13. The third kappa shape index (κ3) is 12.9. The fourth-order valence-corrected chi connectivity index (χ4v) is 1.83. The van der Waals surface area contributed by atoms with E-state index in [0.29, 0.717) is 25.9 Å². The molecule has 4 heteroatoms. The summed E-state index contributed by atoms with van der Waals surface area (Å²) in [6, 6.07) is 0. The van der Waals surface area contributed by atoms with Crippen LogP contribution < -0.4 is 10.6 Å². The van der Waals surface area contributed by atoms with Crippen molar-refractivity contribution in [1.29, 1.82) is 0 Å². The van der Waals surface area contributed by atoms with Gasteiger partial charge in [-0.05, 0) is 12.8 Å². The van der Waals surface area contributed by atoms with E-state index in [1.807, 2.05) is 0 Å². The van der Waals surface area contributed by atoms with Gasteiger partial charge in [0, 0.05) is 25.9 Å². The van der Waals surface area contributed by atoms with Crippen LogP contribution in [0.15, 0.2) is 25.3 Å². The summed E-state index contributed by atoms with van der Waals surface area (Å²) < 4.78 is 0. The number of carbonyl (C=O) groups excluding carboxylic acids is 2. The topological polar surface area (TPSA) is 58.2 Å². The number of hydrogen-bond donors (Lipinski definition) is 2. The van der Waals surface area contributed by atoms with E-state index < -0.39 is 0 Å². The molecule has 4 nitrogen and oxygen atoms in total. The summed E-state index contributed by atoms with van der Waals surface area (Å²) in [5, 5.41) is 5.53. The van der Waals surface area contributed by atoms with Crippen molar-refractivity contribution in [3.63, 3.8) is 0 Å². The molecule has 0 aromatic rings. The van der Waals surface area contributed by atoms with E-state index >= 15 is 0 Å². The molecule has 0 saturated carbocycles. The maximum atomic E-state index is 11.3. The van der Waals surface area contributed by atoms with Gasteiger partial charge in [0.25, 0.3) is 0 Å². The van der Waals surface area contributed by atoms with Crippen LogP contribution in [0.3, 0.4) is 0 Å². The van der Waals surface area contributed by atoms with E-state index in [1.54, 1.807) is 12.2 Å². The quantitative estimate of drug-likeness (QED) is 0.402. The second-order valence-corrected chi connectivity index (χ2v) is 4.81. The van der Waals surface area contributed by atoms with Gasteiger partial charge in [0.2, 0.25) is 11.8 Å². The highest BCUT2D eigenvalue weighted by Crippen LogP contribution is 2.08. The summed E-state index contributed by atoms with van der Waals surface area (Å²) in [4.78, 5) is 22.6. The Morgan fingerprint density at radius 1 is 0.700 bits per heavy atom. The molecule has 0 spiro atoms. The van der Waals surface area contributed by atoms with Gasteiger partial charge in [-0.25, -0.2) is 0 Å². The first-order valence-electron chi connectivity index (χ1n) is 7.46. The van der Waals surface area contributed by atoms with Gasteiger partial charge in [0.15, 0.2) is 0 Å². The molecular formula is C16H28N2O2. The third-order valence-corrected chi connectivity index (χ3v) is 2.94. The van der Waals surface area contributed by atoms with Gasteiger partial charge >= 0.3 is 0 Å². The van der Waals surface area contributed by atoms with Gasteiger partial charge in [-0.2, -0.15) is 0 Å². The normalized spacial score (nSPS) is 9.80. The van der Waals surface area contributed by atoms with Crippen molar-refractivity contribution in [2.24, 2.45) is 0 Å². The van der Waals surface area contributed by atoms with Crippen molar-refractivity contribution in [3.8, 4) is 0 Å². The Balaban J connectivity index is 3.24. The molecule has 0 radical (unpaired) electrons. The van der Waals surface area contributed by atoms with Gasteiger partial charge in [-0.3, -0.25) is 9.59 Å². The van der Waals surface area contributed by atoms with E-state index in [4.69, 9.17) is 0 Å². The van der Waals surface area contributed by atoms with E-state index in [2.05, 4.69) is 23.8 Å². The van der Waals surface area contributed by atoms with Gasteiger partial charge in [0.1, 0.15) is 0 Å². The molecule has 0 unspecified atom stereocenters. The average molecular weight is 280 g/mol. The van der Waals surface area contributed by atoms with Crippen LogP contribution in [0.1, 0.15) is 51.4 Å². The van der Waals surface area contributed by atoms with Gasteiger partial charge in [-0.15, -0.1) is 13.2 Å². The Hall–Kier alpha value is -1.58. The maximum Gasteiger partial charge on any atom is 0.220 e. The Morgan fingerprint density at radius 2 is 1.05 bits per heavy atom. The molecule has 0 aliphatic rings. The van der Waals surface area contributed by atoms with Crippen LogP contribution in [0, 0.1) is 0 Å². The number of carbonyl (C=O) groups is 2. The summed E-state index contributed by atoms with van der Waals surface area (Å²) in [5.41, 5.74) is 0. The van der Waals surface area contributed by atoms with Crippen molar-refractivity contribution < 1.29 is 9.59 Å². The number of amides is 2. The molecule has 0 rings (SSSR count). The Morgan fingerprint density at radius 3 is 1.40 bits per heavy atom. The second kappa shape index (κ2) is 13.8. The fourth-order valence-electron chi connectivity index (χ4n) is 1.83. The predicted octanol–water partition coefficient (Wildman–Crippen LogP) is 2.71. The van der Waals surface area contributed by atoms with Crippen LogP contribution in [0.2, 0.25) is 0 Å². The molecule has 0 heterocycles. The summed E-state index contributed by atoms with van der Waals surface area (Å²) in [7, 11) is 0. The molecule has 0 fully saturated rings. The van der Waals surface area contributed by atoms with Crippen LogP contribution >= 0.6 is 0 Å². The second-order valence-electron chi connectivity index (χ2n) is 4.81. The highest BCUT2D eigenvalue weighted by atomic mass is 16.2. The molecule has 0 bridgehead atoms. The Kier molecular flexibility index (Phi) is 12.7. The van der Waals surface area contributed by atoms with Crippen molar-refractivity contribution >= 4 is 11.8 Å². The molecule has 0 aliphatic heterocycles. The monoisotopic (exact) mass is 280 g/mol. The zero-order chi connectivity index (χ0) is 15.1. The summed E-state index contributed by atoms with van der Waals surface area (Å²) >= 11 is 0. The smallest absolute Gasteiger partial charge is 0.220 e. The van der Waals surface area contributed by atoms with Crippen molar-refractivity contribution in [3.05, 3.63) is 25.3 Å². The number of nitrogens with one attached hydrogen (secondary N) is 2. The van der Waals surface area contributed by atoms with Crippen LogP contribution in [0.4, 0.5) is 0 Å². The molecule has 20 heavy (non-hydrogen) atoms. The van der Waals surface area contributed by atoms with Gasteiger partial charge < -0.3 is 10.6 Å². The minimum Gasteiger partial charge on any atom is -0.353 e. The van der Waals surface area contributed by atoms with Crippen LogP contribution in [-0.2, 0) is 9.59 Å². The van der Waals surface area contributed by atoms with Crippen LogP contribution in [-0.4, -0.2) is 24.9 Å². The fraction of sp³-hybridized carbons (Fsp3) is 0.625. The van der Waals surface area contributed by atoms with E-state index in [-0.39, 0.29) is 11.8 Å². The predicted molar refractivity (Wildman–Crippen MR) is 83.3 cm³/mol. The van der Waals surface area contributed by atoms with Crippen LogP contribution in [0.25, 0.3) is 0 Å². The number of unbranched alkanes of at least 4 members (excludes halogenated alkanes) is 5. The van der Waals surface area contributed by atoms with Crippen molar-refractivity contribution in [2.75, 3.05) is 13.1 Å². The minimum absolute atomic E-state index is 0.101. The highest BCUT2D eigenvalue weighted by Gasteiger charge is 2.00. The van der Waals surface area contributed by atoms with Crippen molar-refractivity contribution in [1.82, 2.24) is 10.6 Å². The lowest BCUT2D eigenvalue weighted by molar-refractivity contribution is -0.121. The molecule has 114 valence electrons. The molecule has 0 aliphatic carbocycles. The van der Waals surface area contributed by atoms with Crippen LogP contribution in [0.5, 0.6) is 0 Å². The zero-order valence-electron chi connectivity index (χ0n) is 12.5. The highest BCUT2D eigenvalue weighted by molar-refractivity contribution is 5.76. The average Bonchev–Trinajstić information content (AvgIpc) is 2.45. The van der Waals surface area contributed by atoms with E-state index in [9.17, 15) is 9.59 Å². The lowest BCUT2D eigenvalue weighted by atomic mass is 10.1. The van der Waals surface area contributed by atoms with Crippen molar-refractivity contribution in [2.45, 2.75) is 51.4 Å². The third-order valence-electron chi connectivity index (χ3n) is 2.94. The minimum atomic E-state index is 0.101. The lowest BCUT2D eigenvalue weighted by Crippen LogP contribution is -2.22. The van der Waals surface area contributed by atoms with Gasteiger partial charge in [-0.1, -0.05) is 37.8 Å². The first kappa shape index (κ1) is 18.4. The lowest BCUT2D eigenvalue weighted by Gasteiger charge is -2.04. The SMILES string of the molecule is C=CCNC(=O)CCCCCCCCC(=O)NCC=C. The summed E-state index contributed by atoms with van der Waals surface area (Å²) in [6.07, 6.45) is 10.8. The number of hydrogen-bond acceptors (Lipinski definition) is 2. The van der Waals surface area contributed by atoms with E-state index in [1.165, 1.54) is 0 Å². The molecule has 2 amide bonds. The van der Waals surface area contributed by atoms with Gasteiger partial charge in [0.05, 0.1) is 0 Å². The molecule has 0 aromatic carbocycles. The first-order valence-corrected chi connectivity index (χ1v) is 7.46. The molecule has 0 saturated heterocycles. The summed E-state index contributed by atoms with van der Waals surface area (Å²) in [6.45, 7) is 8.20. The molecular weight excluding hydrogens is 252 g/mol. The largest absolute Gasteiger partial charge is 0.353 e. The molecule has 0 atom stereocenters. The molecule has 2 N–H and O–H groups in total. The zero-order valence-corrected chi connectivity index (χ0v) is 12.5.